The molecule has 0 radical (unpaired) electrons. The Balaban J connectivity index is 1.85. The maximum atomic E-state index is 12.1. The van der Waals surface area contributed by atoms with E-state index in [-0.39, 0.29) is 18.7 Å². The molecular weight excluding hydrogens is 340 g/mol. The second-order valence-electron chi connectivity index (χ2n) is 5.85. The van der Waals surface area contributed by atoms with Gasteiger partial charge < -0.3 is 15.4 Å². The van der Waals surface area contributed by atoms with E-state index in [0.717, 1.165) is 11.1 Å². The van der Waals surface area contributed by atoms with Crippen LogP contribution in [-0.2, 0) is 17.9 Å². The highest BCUT2D eigenvalue weighted by Gasteiger charge is 2.09. The third-order valence-corrected chi connectivity index (χ3v) is 3.75. The lowest BCUT2D eigenvalue weighted by Crippen LogP contribution is -2.39. The van der Waals surface area contributed by atoms with Crippen molar-refractivity contribution in [2.75, 3.05) is 0 Å². The predicted molar refractivity (Wildman–Crippen MR) is 97.5 cm³/mol. The summed E-state index contributed by atoms with van der Waals surface area (Å²) in [5.74, 6) is -0.419. The molecule has 2 aromatic rings. The standard InChI is InChI=1S/C19H21ClN2O3/c1-13(2)22-19(24)21-11-14-7-9-15(10-8-14)18(23)25-12-16-5-3-4-6-17(16)20/h3-10,13H,11-12H2,1-2H3,(H2,21,22,24). The molecule has 0 aliphatic rings. The van der Waals surface area contributed by atoms with Crippen molar-refractivity contribution in [3.05, 3.63) is 70.2 Å². The smallest absolute Gasteiger partial charge is 0.338 e. The summed E-state index contributed by atoms with van der Waals surface area (Å²) < 4.78 is 5.27. The molecule has 0 saturated heterocycles. The van der Waals surface area contributed by atoms with E-state index in [2.05, 4.69) is 10.6 Å². The molecule has 0 spiro atoms. The van der Waals surface area contributed by atoms with Gasteiger partial charge in [-0.1, -0.05) is 41.9 Å². The van der Waals surface area contributed by atoms with Crippen LogP contribution in [0.3, 0.4) is 0 Å². The van der Waals surface area contributed by atoms with Crippen molar-refractivity contribution in [2.24, 2.45) is 0 Å². The first kappa shape index (κ1) is 18.8. The van der Waals surface area contributed by atoms with Gasteiger partial charge in [0.1, 0.15) is 6.61 Å². The van der Waals surface area contributed by atoms with Crippen LogP contribution in [0.5, 0.6) is 0 Å². The molecule has 0 heterocycles. The van der Waals surface area contributed by atoms with Gasteiger partial charge in [-0.3, -0.25) is 0 Å². The molecule has 5 nitrogen and oxygen atoms in total. The van der Waals surface area contributed by atoms with E-state index in [0.29, 0.717) is 17.1 Å². The molecule has 2 aromatic carbocycles. The fourth-order valence-electron chi connectivity index (χ4n) is 2.10. The molecule has 2 N–H and O–H groups in total. The van der Waals surface area contributed by atoms with Crippen LogP contribution in [0.2, 0.25) is 5.02 Å². The SMILES string of the molecule is CC(C)NC(=O)NCc1ccc(C(=O)OCc2ccccc2Cl)cc1. The van der Waals surface area contributed by atoms with Crippen molar-refractivity contribution in [3.63, 3.8) is 0 Å². The van der Waals surface area contributed by atoms with Gasteiger partial charge in [-0.05, 0) is 37.6 Å². The zero-order chi connectivity index (χ0) is 18.2. The molecule has 0 saturated carbocycles. The van der Waals surface area contributed by atoms with Gasteiger partial charge in [-0.25, -0.2) is 9.59 Å². The quantitative estimate of drug-likeness (QED) is 0.767. The van der Waals surface area contributed by atoms with E-state index in [1.807, 2.05) is 32.0 Å². The van der Waals surface area contributed by atoms with Crippen LogP contribution in [0.1, 0.15) is 35.3 Å². The van der Waals surface area contributed by atoms with Gasteiger partial charge in [0.2, 0.25) is 0 Å². The molecule has 0 aliphatic carbocycles. The number of nitrogens with one attached hydrogen (secondary N) is 2. The lowest BCUT2D eigenvalue weighted by molar-refractivity contribution is 0.0473. The molecule has 132 valence electrons. The Bertz CT molecular complexity index is 730. The van der Waals surface area contributed by atoms with Crippen LogP contribution in [0, 0.1) is 0 Å². The topological polar surface area (TPSA) is 67.4 Å². The van der Waals surface area contributed by atoms with E-state index in [1.165, 1.54) is 0 Å². The highest BCUT2D eigenvalue weighted by molar-refractivity contribution is 6.31. The zero-order valence-electron chi connectivity index (χ0n) is 14.2. The molecule has 0 atom stereocenters. The van der Waals surface area contributed by atoms with E-state index in [4.69, 9.17) is 16.3 Å². The van der Waals surface area contributed by atoms with E-state index < -0.39 is 5.97 Å². The number of carbonyl (C=O) groups excluding carboxylic acids is 2. The Morgan fingerprint density at radius 1 is 1.08 bits per heavy atom. The number of halogens is 1. The van der Waals surface area contributed by atoms with Gasteiger partial charge in [0.25, 0.3) is 0 Å². The summed E-state index contributed by atoms with van der Waals surface area (Å²) in [4.78, 5) is 23.6. The number of amides is 2. The molecule has 25 heavy (non-hydrogen) atoms. The van der Waals surface area contributed by atoms with Crippen LogP contribution in [0.4, 0.5) is 4.79 Å². The summed E-state index contributed by atoms with van der Waals surface area (Å²) in [7, 11) is 0. The van der Waals surface area contributed by atoms with Crippen molar-refractivity contribution < 1.29 is 14.3 Å². The van der Waals surface area contributed by atoms with Crippen molar-refractivity contribution >= 4 is 23.6 Å². The van der Waals surface area contributed by atoms with Crippen LogP contribution in [0.15, 0.2) is 48.5 Å². The number of ether oxygens (including phenoxy) is 1. The molecule has 2 amide bonds. The first-order valence-electron chi connectivity index (χ1n) is 7.99. The largest absolute Gasteiger partial charge is 0.457 e. The Labute approximate surface area is 152 Å². The monoisotopic (exact) mass is 360 g/mol. The summed E-state index contributed by atoms with van der Waals surface area (Å²) in [6, 6.07) is 14.0. The number of hydrogen-bond donors (Lipinski definition) is 2. The number of benzene rings is 2. The van der Waals surface area contributed by atoms with Crippen LogP contribution < -0.4 is 10.6 Å². The lowest BCUT2D eigenvalue weighted by Gasteiger charge is -2.10. The Kier molecular flexibility index (Phi) is 6.83. The van der Waals surface area contributed by atoms with Crippen molar-refractivity contribution in [1.82, 2.24) is 10.6 Å². The third-order valence-electron chi connectivity index (χ3n) is 3.38. The molecule has 0 aromatic heterocycles. The second kappa shape index (κ2) is 9.08. The zero-order valence-corrected chi connectivity index (χ0v) is 15.0. The average molecular weight is 361 g/mol. The van der Waals surface area contributed by atoms with Gasteiger partial charge >= 0.3 is 12.0 Å². The maximum Gasteiger partial charge on any atom is 0.338 e. The van der Waals surface area contributed by atoms with Crippen molar-refractivity contribution in [2.45, 2.75) is 33.0 Å². The van der Waals surface area contributed by atoms with Crippen LogP contribution >= 0.6 is 11.6 Å². The average Bonchev–Trinajstić information content (AvgIpc) is 2.59. The highest BCUT2D eigenvalue weighted by atomic mass is 35.5. The highest BCUT2D eigenvalue weighted by Crippen LogP contribution is 2.16. The van der Waals surface area contributed by atoms with Crippen LogP contribution in [-0.4, -0.2) is 18.0 Å². The first-order chi connectivity index (χ1) is 12.0. The minimum Gasteiger partial charge on any atom is -0.457 e. The number of carbonyl (C=O) groups is 2. The minimum absolute atomic E-state index is 0.0789. The number of hydrogen-bond acceptors (Lipinski definition) is 3. The van der Waals surface area contributed by atoms with Gasteiger partial charge in [0, 0.05) is 23.2 Å². The normalized spacial score (nSPS) is 10.4. The summed E-state index contributed by atoms with van der Waals surface area (Å²) >= 11 is 6.04. The van der Waals surface area contributed by atoms with E-state index in [9.17, 15) is 9.59 Å². The summed E-state index contributed by atoms with van der Waals surface area (Å²) in [5.41, 5.74) is 2.10. The number of esters is 1. The van der Waals surface area contributed by atoms with E-state index in [1.54, 1.807) is 30.3 Å². The van der Waals surface area contributed by atoms with Crippen LogP contribution in [0.25, 0.3) is 0 Å². The lowest BCUT2D eigenvalue weighted by atomic mass is 10.1. The Morgan fingerprint density at radius 2 is 1.76 bits per heavy atom. The molecule has 0 aliphatic heterocycles. The first-order valence-corrected chi connectivity index (χ1v) is 8.37. The fraction of sp³-hybridized carbons (Fsp3) is 0.263. The Hall–Kier alpha value is -2.53. The number of rotatable bonds is 6. The van der Waals surface area contributed by atoms with E-state index >= 15 is 0 Å². The van der Waals surface area contributed by atoms with Gasteiger partial charge in [0.15, 0.2) is 0 Å². The van der Waals surface area contributed by atoms with Crippen molar-refractivity contribution in [1.29, 1.82) is 0 Å². The Morgan fingerprint density at radius 3 is 2.40 bits per heavy atom. The summed E-state index contributed by atoms with van der Waals surface area (Å²) in [5, 5.41) is 6.06. The molecular formula is C19H21ClN2O3. The molecule has 2 rings (SSSR count). The van der Waals surface area contributed by atoms with Gasteiger partial charge in [0.05, 0.1) is 5.56 Å². The second-order valence-corrected chi connectivity index (χ2v) is 6.25. The summed E-state index contributed by atoms with van der Waals surface area (Å²) in [6.45, 7) is 4.29. The van der Waals surface area contributed by atoms with Gasteiger partial charge in [-0.2, -0.15) is 0 Å². The van der Waals surface area contributed by atoms with Gasteiger partial charge in [-0.15, -0.1) is 0 Å². The molecule has 0 bridgehead atoms. The third kappa shape index (κ3) is 6.12. The predicted octanol–water partition coefficient (Wildman–Crippen LogP) is 3.90. The molecule has 6 heteroatoms. The fourth-order valence-corrected chi connectivity index (χ4v) is 2.29. The van der Waals surface area contributed by atoms with Crippen molar-refractivity contribution in [3.8, 4) is 0 Å². The molecule has 0 fully saturated rings. The minimum atomic E-state index is -0.419. The summed E-state index contributed by atoms with van der Waals surface area (Å²) in [6.07, 6.45) is 0. The maximum absolute atomic E-state index is 12.1. The molecule has 0 unspecified atom stereocenters. The number of urea groups is 1.